The van der Waals surface area contributed by atoms with Gasteiger partial charge in [-0.3, -0.25) is 19.0 Å². The maximum atomic E-state index is 12.6. The van der Waals surface area contributed by atoms with Gasteiger partial charge >= 0.3 is 11.8 Å². The molecule has 2 aliphatic rings. The summed E-state index contributed by atoms with van der Waals surface area (Å²) in [7, 11) is 3.72. The van der Waals surface area contributed by atoms with Crippen LogP contribution in [0.1, 0.15) is 48.4 Å². The molecular weight excluding hydrogens is 344 g/mol. The van der Waals surface area contributed by atoms with Crippen LogP contribution in [0, 0.1) is 0 Å². The monoisotopic (exact) mass is 370 g/mol. The molecule has 2 aromatic rings. The summed E-state index contributed by atoms with van der Waals surface area (Å²) in [6.07, 6.45) is 9.69. The van der Waals surface area contributed by atoms with E-state index in [0.29, 0.717) is 24.8 Å². The van der Waals surface area contributed by atoms with E-state index < -0.39 is 11.8 Å². The Labute approximate surface area is 158 Å². The molecule has 0 unspecified atom stereocenters. The quantitative estimate of drug-likeness (QED) is 0.810. The molecule has 0 saturated carbocycles. The fourth-order valence-corrected chi connectivity index (χ4v) is 4.21. The first-order valence-corrected chi connectivity index (χ1v) is 9.66. The molecule has 0 radical (unpaired) electrons. The number of aryl methyl sites for hydroxylation is 3. The minimum atomic E-state index is -0.564. The van der Waals surface area contributed by atoms with Crippen LogP contribution in [0.4, 0.5) is 5.82 Å². The largest absolute Gasteiger partial charge is 0.334 e. The van der Waals surface area contributed by atoms with Gasteiger partial charge in [0.2, 0.25) is 0 Å². The molecule has 2 aromatic heterocycles. The zero-order chi connectivity index (χ0) is 19.0. The summed E-state index contributed by atoms with van der Waals surface area (Å²) >= 11 is 0. The molecule has 0 bridgehead atoms. The van der Waals surface area contributed by atoms with E-state index >= 15 is 0 Å². The van der Waals surface area contributed by atoms with Gasteiger partial charge in [-0.2, -0.15) is 10.2 Å². The SMILES string of the molecule is Cn1cc(C2CCN(C(=O)C(=O)Nc3c4c(nn3C)CCCC4)CC2)cn1. The molecule has 8 nitrogen and oxygen atoms in total. The van der Waals surface area contributed by atoms with Crippen molar-refractivity contribution in [1.82, 2.24) is 24.5 Å². The number of anilines is 1. The van der Waals surface area contributed by atoms with Gasteiger partial charge in [0, 0.05) is 38.9 Å². The van der Waals surface area contributed by atoms with Crippen LogP contribution >= 0.6 is 0 Å². The number of carbonyl (C=O) groups is 2. The second-order valence-corrected chi connectivity index (χ2v) is 7.57. The molecule has 0 spiro atoms. The van der Waals surface area contributed by atoms with E-state index in [4.69, 9.17) is 0 Å². The summed E-state index contributed by atoms with van der Waals surface area (Å²) in [6.45, 7) is 1.19. The minimum Gasteiger partial charge on any atom is -0.334 e. The van der Waals surface area contributed by atoms with Crippen molar-refractivity contribution in [3.63, 3.8) is 0 Å². The second kappa shape index (κ2) is 7.17. The first kappa shape index (κ1) is 17.8. The number of hydrogen-bond acceptors (Lipinski definition) is 4. The van der Waals surface area contributed by atoms with Crippen LogP contribution < -0.4 is 5.32 Å². The molecule has 1 N–H and O–H groups in total. The van der Waals surface area contributed by atoms with E-state index in [1.54, 1.807) is 14.3 Å². The van der Waals surface area contributed by atoms with Crippen molar-refractivity contribution in [2.75, 3.05) is 18.4 Å². The Hall–Kier alpha value is -2.64. The Morgan fingerprint density at radius 3 is 2.59 bits per heavy atom. The number of rotatable bonds is 2. The van der Waals surface area contributed by atoms with Crippen LogP contribution in [-0.4, -0.2) is 49.4 Å². The Kier molecular flexibility index (Phi) is 4.72. The normalized spacial score (nSPS) is 17.6. The molecule has 1 saturated heterocycles. The number of nitrogens with zero attached hydrogens (tertiary/aromatic N) is 5. The zero-order valence-corrected chi connectivity index (χ0v) is 15.9. The van der Waals surface area contributed by atoms with Gasteiger partial charge in [0.05, 0.1) is 11.9 Å². The number of nitrogens with one attached hydrogen (secondary N) is 1. The van der Waals surface area contributed by atoms with E-state index in [9.17, 15) is 9.59 Å². The lowest BCUT2D eigenvalue weighted by molar-refractivity contribution is -0.143. The summed E-state index contributed by atoms with van der Waals surface area (Å²) in [5.41, 5.74) is 3.33. The Morgan fingerprint density at radius 1 is 1.15 bits per heavy atom. The van der Waals surface area contributed by atoms with Gasteiger partial charge < -0.3 is 10.2 Å². The first-order chi connectivity index (χ1) is 13.0. The minimum absolute atomic E-state index is 0.398. The maximum Gasteiger partial charge on any atom is 0.315 e. The molecule has 2 amide bonds. The maximum absolute atomic E-state index is 12.6. The average molecular weight is 370 g/mol. The smallest absolute Gasteiger partial charge is 0.315 e. The topological polar surface area (TPSA) is 85.0 Å². The summed E-state index contributed by atoms with van der Waals surface area (Å²) in [4.78, 5) is 26.8. The molecule has 1 fully saturated rings. The van der Waals surface area contributed by atoms with Crippen molar-refractivity contribution in [3.8, 4) is 0 Å². The lowest BCUT2D eigenvalue weighted by Crippen LogP contribution is -2.44. The van der Waals surface area contributed by atoms with Crippen molar-refractivity contribution >= 4 is 17.6 Å². The second-order valence-electron chi connectivity index (χ2n) is 7.57. The molecule has 4 rings (SSSR count). The molecule has 1 aliphatic carbocycles. The van der Waals surface area contributed by atoms with Crippen LogP contribution in [0.5, 0.6) is 0 Å². The molecule has 3 heterocycles. The third kappa shape index (κ3) is 3.48. The molecular formula is C19H26N6O2. The van der Waals surface area contributed by atoms with Crippen LogP contribution in [0.3, 0.4) is 0 Å². The van der Waals surface area contributed by atoms with Crippen molar-refractivity contribution in [2.24, 2.45) is 14.1 Å². The van der Waals surface area contributed by atoms with E-state index in [0.717, 1.165) is 49.8 Å². The summed E-state index contributed by atoms with van der Waals surface area (Å²) in [5.74, 6) is 0.0554. The van der Waals surface area contributed by atoms with Crippen molar-refractivity contribution in [2.45, 2.75) is 44.4 Å². The molecule has 144 valence electrons. The van der Waals surface area contributed by atoms with Crippen LogP contribution in [-0.2, 0) is 36.5 Å². The predicted molar refractivity (Wildman–Crippen MR) is 100 cm³/mol. The highest BCUT2D eigenvalue weighted by Gasteiger charge is 2.30. The zero-order valence-electron chi connectivity index (χ0n) is 15.9. The van der Waals surface area contributed by atoms with Crippen molar-refractivity contribution < 1.29 is 9.59 Å². The van der Waals surface area contributed by atoms with Crippen molar-refractivity contribution in [1.29, 1.82) is 0 Å². The standard InChI is InChI=1S/C19H26N6O2/c1-23-12-14(11-20-23)13-7-9-25(10-8-13)19(27)18(26)21-17-15-5-3-4-6-16(15)22-24(17)2/h11-13H,3-10H2,1-2H3,(H,21,26). The fraction of sp³-hybridized carbons (Fsp3) is 0.579. The number of fused-ring (bicyclic) bond motifs is 1. The average Bonchev–Trinajstić information content (AvgIpc) is 3.25. The summed E-state index contributed by atoms with van der Waals surface area (Å²) < 4.78 is 3.49. The summed E-state index contributed by atoms with van der Waals surface area (Å²) in [6, 6.07) is 0. The number of carbonyl (C=O) groups excluding carboxylic acids is 2. The molecule has 1 aliphatic heterocycles. The highest BCUT2D eigenvalue weighted by Crippen LogP contribution is 2.29. The number of piperidine rings is 1. The third-order valence-electron chi connectivity index (χ3n) is 5.72. The van der Waals surface area contributed by atoms with E-state index in [-0.39, 0.29) is 0 Å². The van der Waals surface area contributed by atoms with Crippen LogP contribution in [0.25, 0.3) is 0 Å². The number of likely N-dealkylation sites (tertiary alicyclic amines) is 1. The Morgan fingerprint density at radius 2 is 1.89 bits per heavy atom. The van der Waals surface area contributed by atoms with Gasteiger partial charge in [-0.25, -0.2) is 0 Å². The van der Waals surface area contributed by atoms with Crippen LogP contribution in [0.15, 0.2) is 12.4 Å². The predicted octanol–water partition coefficient (Wildman–Crippen LogP) is 1.38. The summed E-state index contributed by atoms with van der Waals surface area (Å²) in [5, 5.41) is 11.5. The Balaban J connectivity index is 1.38. The molecule has 0 atom stereocenters. The van der Waals surface area contributed by atoms with Gasteiger partial charge in [-0.05, 0) is 50.0 Å². The fourth-order valence-electron chi connectivity index (χ4n) is 4.21. The first-order valence-electron chi connectivity index (χ1n) is 9.66. The van der Waals surface area contributed by atoms with E-state index in [1.165, 1.54) is 5.56 Å². The lowest BCUT2D eigenvalue weighted by atomic mass is 9.91. The molecule has 0 aromatic carbocycles. The number of amides is 2. The van der Waals surface area contributed by atoms with Gasteiger partial charge in [-0.15, -0.1) is 0 Å². The highest BCUT2D eigenvalue weighted by molar-refractivity contribution is 6.39. The highest BCUT2D eigenvalue weighted by atomic mass is 16.2. The third-order valence-corrected chi connectivity index (χ3v) is 5.72. The number of hydrogen-bond donors (Lipinski definition) is 1. The lowest BCUT2D eigenvalue weighted by Gasteiger charge is -2.31. The van der Waals surface area contributed by atoms with Gasteiger partial charge in [0.15, 0.2) is 0 Å². The van der Waals surface area contributed by atoms with Gasteiger partial charge in [-0.1, -0.05) is 0 Å². The van der Waals surface area contributed by atoms with Crippen molar-refractivity contribution in [3.05, 3.63) is 29.2 Å². The number of aromatic nitrogens is 4. The van der Waals surface area contributed by atoms with E-state index in [2.05, 4.69) is 15.5 Å². The molecule has 27 heavy (non-hydrogen) atoms. The van der Waals surface area contributed by atoms with Gasteiger partial charge in [0.25, 0.3) is 0 Å². The van der Waals surface area contributed by atoms with Crippen LogP contribution in [0.2, 0.25) is 0 Å². The van der Waals surface area contributed by atoms with Gasteiger partial charge in [0.1, 0.15) is 5.82 Å². The van der Waals surface area contributed by atoms with E-state index in [1.807, 2.05) is 26.5 Å². The Bertz CT molecular complexity index is 860. The molecule has 8 heteroatoms.